The van der Waals surface area contributed by atoms with Gasteiger partial charge >= 0.3 is 5.69 Å². The zero-order chi connectivity index (χ0) is 9.97. The molecule has 14 heavy (non-hydrogen) atoms. The number of aromatic nitrogens is 2. The first-order valence-electron chi connectivity index (χ1n) is 3.92. The third-order valence-corrected chi connectivity index (χ3v) is 1.67. The van der Waals surface area contributed by atoms with Gasteiger partial charge in [0, 0.05) is 5.56 Å². The van der Waals surface area contributed by atoms with Crippen LogP contribution in [0.2, 0.25) is 0 Å². The minimum Gasteiger partial charge on any atom is -0.353 e. The Morgan fingerprint density at radius 3 is 2.57 bits per heavy atom. The van der Waals surface area contributed by atoms with Crippen molar-refractivity contribution in [2.75, 3.05) is 0 Å². The Kier molecular flexibility index (Phi) is 1.98. The molecule has 0 aliphatic carbocycles. The minimum atomic E-state index is -0.663. The first kappa shape index (κ1) is 8.43. The summed E-state index contributed by atoms with van der Waals surface area (Å²) in [5.41, 5.74) is -0.230. The number of nitrogens with zero attached hydrogens (tertiary/aromatic N) is 1. The Morgan fingerprint density at radius 2 is 2.00 bits per heavy atom. The van der Waals surface area contributed by atoms with Crippen molar-refractivity contribution in [2.45, 2.75) is 0 Å². The van der Waals surface area contributed by atoms with E-state index in [0.29, 0.717) is 5.56 Å². The van der Waals surface area contributed by atoms with E-state index in [1.807, 2.05) is 5.16 Å². The summed E-state index contributed by atoms with van der Waals surface area (Å²) >= 11 is 0. The molecular weight excluding hydrogens is 184 g/mol. The van der Waals surface area contributed by atoms with E-state index in [2.05, 4.69) is 9.51 Å². The monoisotopic (exact) mass is 190 g/mol. The van der Waals surface area contributed by atoms with Gasteiger partial charge in [0.15, 0.2) is 0 Å². The third kappa shape index (κ3) is 1.47. The molecule has 1 heterocycles. The fraction of sp³-hybridized carbons (Fsp3) is 0. The maximum Gasteiger partial charge on any atom is 0.377 e. The molecule has 2 aromatic rings. The number of carbonyl (C=O) groups is 1. The number of hydrogen-bond acceptors (Lipinski definition) is 4. The number of aromatic amines is 1. The lowest BCUT2D eigenvalue weighted by atomic mass is 10.1. The highest BCUT2D eigenvalue weighted by molar-refractivity contribution is 6.05. The molecule has 0 saturated carbocycles. The van der Waals surface area contributed by atoms with Gasteiger partial charge in [0.1, 0.15) is 0 Å². The third-order valence-electron chi connectivity index (χ3n) is 1.67. The molecule has 1 aromatic heterocycles. The predicted molar refractivity (Wildman–Crippen MR) is 47.0 cm³/mol. The van der Waals surface area contributed by atoms with Gasteiger partial charge in [-0.1, -0.05) is 30.3 Å². The number of carbonyl (C=O) groups excluding carboxylic acids is 1. The summed E-state index contributed by atoms with van der Waals surface area (Å²) in [6.07, 6.45) is 0. The van der Waals surface area contributed by atoms with Crippen molar-refractivity contribution in [1.82, 2.24) is 10.1 Å². The molecule has 0 radical (unpaired) electrons. The van der Waals surface area contributed by atoms with Crippen molar-refractivity contribution < 1.29 is 9.32 Å². The normalized spacial score (nSPS) is 10.0. The molecule has 0 bridgehead atoms. The fourth-order valence-electron chi connectivity index (χ4n) is 1.04. The first-order valence-corrected chi connectivity index (χ1v) is 3.92. The molecule has 0 saturated heterocycles. The molecule has 0 fully saturated rings. The maximum absolute atomic E-state index is 11.5. The molecular formula is C9H6N2O3. The summed E-state index contributed by atoms with van der Waals surface area (Å²) in [4.78, 5) is 25.5. The number of nitrogens with one attached hydrogen (secondary N) is 1. The Labute approximate surface area is 78.4 Å². The molecule has 5 nitrogen and oxygen atoms in total. The predicted octanol–water partition coefficient (Wildman–Crippen LogP) is 0.594. The lowest BCUT2D eigenvalue weighted by molar-refractivity contribution is 0.0994. The van der Waals surface area contributed by atoms with Crippen LogP contribution < -0.4 is 5.69 Å². The van der Waals surface area contributed by atoms with E-state index in [0.717, 1.165) is 0 Å². The highest BCUT2D eigenvalue weighted by Crippen LogP contribution is 2.04. The van der Waals surface area contributed by atoms with Gasteiger partial charge in [-0.05, 0) is 0 Å². The summed E-state index contributed by atoms with van der Waals surface area (Å²) in [6, 6.07) is 8.47. The average Bonchev–Trinajstić information content (AvgIpc) is 2.65. The summed E-state index contributed by atoms with van der Waals surface area (Å²) in [5, 5.41) is 1.96. The van der Waals surface area contributed by atoms with Crippen LogP contribution in [0.1, 0.15) is 16.2 Å². The van der Waals surface area contributed by atoms with Crippen LogP contribution in [0.25, 0.3) is 0 Å². The van der Waals surface area contributed by atoms with E-state index >= 15 is 0 Å². The van der Waals surface area contributed by atoms with Gasteiger partial charge in [0.25, 0.3) is 11.7 Å². The second-order valence-electron chi connectivity index (χ2n) is 2.62. The molecule has 0 amide bonds. The van der Waals surface area contributed by atoms with Gasteiger partial charge in [-0.25, -0.2) is 4.79 Å². The van der Waals surface area contributed by atoms with Gasteiger partial charge in [-0.2, -0.15) is 5.16 Å². The molecule has 2 rings (SSSR count). The number of rotatable bonds is 2. The SMILES string of the molecule is O=C(c1ccccc1)c1nc(=O)[nH]o1. The number of H-pyrrole nitrogens is 1. The topological polar surface area (TPSA) is 76.0 Å². The first-order chi connectivity index (χ1) is 6.77. The minimum absolute atomic E-state index is 0.221. The summed E-state index contributed by atoms with van der Waals surface area (Å²) < 4.78 is 4.58. The van der Waals surface area contributed by atoms with E-state index in [1.165, 1.54) is 0 Å². The number of hydrogen-bond donors (Lipinski definition) is 1. The fourth-order valence-corrected chi connectivity index (χ4v) is 1.04. The van der Waals surface area contributed by atoms with Gasteiger partial charge in [0.05, 0.1) is 0 Å². The van der Waals surface area contributed by atoms with Crippen molar-refractivity contribution in [1.29, 1.82) is 0 Å². The second-order valence-corrected chi connectivity index (χ2v) is 2.62. The van der Waals surface area contributed by atoms with Crippen LogP contribution in [0.3, 0.4) is 0 Å². The zero-order valence-corrected chi connectivity index (χ0v) is 7.06. The van der Waals surface area contributed by atoms with E-state index in [1.54, 1.807) is 30.3 Å². The Hall–Kier alpha value is -2.17. The summed E-state index contributed by atoms with van der Waals surface area (Å²) in [6.45, 7) is 0. The van der Waals surface area contributed by atoms with Crippen molar-refractivity contribution in [2.24, 2.45) is 0 Å². The van der Waals surface area contributed by atoms with Crippen LogP contribution >= 0.6 is 0 Å². The smallest absolute Gasteiger partial charge is 0.353 e. The quantitative estimate of drug-likeness (QED) is 0.703. The second kappa shape index (κ2) is 3.29. The Morgan fingerprint density at radius 1 is 1.29 bits per heavy atom. The number of benzene rings is 1. The van der Waals surface area contributed by atoms with Crippen LogP contribution in [0.4, 0.5) is 0 Å². The zero-order valence-electron chi connectivity index (χ0n) is 7.06. The van der Waals surface area contributed by atoms with Crippen molar-refractivity contribution in [3.05, 3.63) is 52.3 Å². The van der Waals surface area contributed by atoms with Gasteiger partial charge in [-0.15, -0.1) is 4.98 Å². The summed E-state index contributed by atoms with van der Waals surface area (Å²) in [5.74, 6) is -0.634. The lowest BCUT2D eigenvalue weighted by Gasteiger charge is -1.92. The van der Waals surface area contributed by atoms with Gasteiger partial charge in [-0.3, -0.25) is 4.79 Å². The molecule has 0 aliphatic heterocycles. The lowest BCUT2D eigenvalue weighted by Crippen LogP contribution is -2.06. The van der Waals surface area contributed by atoms with Crippen LogP contribution in [0.5, 0.6) is 0 Å². The van der Waals surface area contributed by atoms with Gasteiger partial charge in [0.2, 0.25) is 0 Å². The van der Waals surface area contributed by atoms with Crippen LogP contribution in [0.15, 0.2) is 39.6 Å². The van der Waals surface area contributed by atoms with E-state index in [9.17, 15) is 9.59 Å². The number of ketones is 1. The van der Waals surface area contributed by atoms with E-state index in [4.69, 9.17) is 0 Å². The standard InChI is InChI=1S/C9H6N2O3/c12-7(6-4-2-1-3-5-6)8-10-9(13)11-14-8/h1-5H,(H,11,13). The Bertz CT molecular complexity index is 498. The molecule has 5 heteroatoms. The van der Waals surface area contributed by atoms with Crippen LogP contribution in [-0.2, 0) is 0 Å². The Balaban J connectivity index is 2.38. The summed E-state index contributed by atoms with van der Waals surface area (Å²) in [7, 11) is 0. The molecule has 1 aromatic carbocycles. The van der Waals surface area contributed by atoms with Crippen LogP contribution in [-0.4, -0.2) is 15.9 Å². The van der Waals surface area contributed by atoms with E-state index in [-0.39, 0.29) is 5.89 Å². The van der Waals surface area contributed by atoms with Crippen LogP contribution in [0, 0.1) is 0 Å². The molecule has 1 N–H and O–H groups in total. The molecule has 0 aliphatic rings. The molecule has 0 atom stereocenters. The highest BCUT2D eigenvalue weighted by Gasteiger charge is 2.14. The highest BCUT2D eigenvalue weighted by atomic mass is 16.5. The van der Waals surface area contributed by atoms with Crippen molar-refractivity contribution >= 4 is 5.78 Å². The van der Waals surface area contributed by atoms with Crippen molar-refractivity contribution in [3.63, 3.8) is 0 Å². The van der Waals surface area contributed by atoms with E-state index < -0.39 is 11.5 Å². The molecule has 0 unspecified atom stereocenters. The average molecular weight is 190 g/mol. The maximum atomic E-state index is 11.5. The molecule has 0 spiro atoms. The largest absolute Gasteiger partial charge is 0.377 e. The van der Waals surface area contributed by atoms with Gasteiger partial charge < -0.3 is 4.52 Å². The molecule has 70 valence electrons. The van der Waals surface area contributed by atoms with Crippen molar-refractivity contribution in [3.8, 4) is 0 Å².